The third-order valence-corrected chi connectivity index (χ3v) is 2.39. The van der Waals surface area contributed by atoms with Crippen LogP contribution in [0.2, 0.25) is 0 Å². The van der Waals surface area contributed by atoms with Crippen molar-refractivity contribution in [2.75, 3.05) is 20.6 Å². The quantitative estimate of drug-likeness (QED) is 0.563. The number of hydrogen-bond acceptors (Lipinski definition) is 1. The van der Waals surface area contributed by atoms with Gasteiger partial charge in [-0.05, 0) is 45.7 Å². The van der Waals surface area contributed by atoms with Gasteiger partial charge in [0, 0.05) is 6.54 Å². The van der Waals surface area contributed by atoms with Crippen molar-refractivity contribution in [3.05, 3.63) is 24.8 Å². The van der Waals surface area contributed by atoms with E-state index in [1.165, 1.54) is 13.0 Å². The summed E-state index contributed by atoms with van der Waals surface area (Å²) in [6.45, 7) is 9.45. The first-order chi connectivity index (χ1) is 6.60. The second-order valence-electron chi connectivity index (χ2n) is 4.40. The lowest BCUT2D eigenvalue weighted by Crippen LogP contribution is -2.21. The molecule has 1 nitrogen and oxygen atoms in total. The van der Waals surface area contributed by atoms with E-state index in [9.17, 15) is 0 Å². The van der Waals surface area contributed by atoms with Crippen molar-refractivity contribution in [2.45, 2.75) is 26.7 Å². The molecule has 2 atom stereocenters. The molecule has 1 heteroatoms. The van der Waals surface area contributed by atoms with Crippen molar-refractivity contribution in [2.24, 2.45) is 11.8 Å². The van der Waals surface area contributed by atoms with Crippen LogP contribution in [0.5, 0.6) is 0 Å². The molecular formula is C13H25N. The SMILES string of the molecule is C=CC(CC=CC)CC(C)CN(C)C. The van der Waals surface area contributed by atoms with Crippen LogP contribution >= 0.6 is 0 Å². The van der Waals surface area contributed by atoms with E-state index in [2.05, 4.69) is 57.6 Å². The fourth-order valence-electron chi connectivity index (χ4n) is 1.81. The summed E-state index contributed by atoms with van der Waals surface area (Å²) in [6.07, 6.45) is 8.82. The van der Waals surface area contributed by atoms with Gasteiger partial charge in [-0.3, -0.25) is 0 Å². The number of allylic oxidation sites excluding steroid dienone is 3. The van der Waals surface area contributed by atoms with Crippen LogP contribution in [0.15, 0.2) is 24.8 Å². The predicted molar refractivity (Wildman–Crippen MR) is 65.5 cm³/mol. The van der Waals surface area contributed by atoms with Gasteiger partial charge in [0.15, 0.2) is 0 Å². The topological polar surface area (TPSA) is 3.24 Å². The zero-order valence-corrected chi connectivity index (χ0v) is 10.2. The Labute approximate surface area is 89.5 Å². The second kappa shape index (κ2) is 7.81. The summed E-state index contributed by atoms with van der Waals surface area (Å²) in [5, 5.41) is 0. The molecule has 0 aliphatic heterocycles. The van der Waals surface area contributed by atoms with Crippen molar-refractivity contribution in [3.8, 4) is 0 Å². The van der Waals surface area contributed by atoms with Crippen LogP contribution in [0.25, 0.3) is 0 Å². The normalized spacial score (nSPS) is 16.1. The molecule has 0 saturated carbocycles. The Bertz CT molecular complexity index is 170. The molecule has 2 unspecified atom stereocenters. The van der Waals surface area contributed by atoms with Gasteiger partial charge in [-0.2, -0.15) is 0 Å². The molecule has 82 valence electrons. The molecule has 0 heterocycles. The van der Waals surface area contributed by atoms with Gasteiger partial charge in [-0.25, -0.2) is 0 Å². The zero-order valence-electron chi connectivity index (χ0n) is 10.2. The summed E-state index contributed by atoms with van der Waals surface area (Å²) in [6, 6.07) is 0. The van der Waals surface area contributed by atoms with E-state index in [-0.39, 0.29) is 0 Å². The Balaban J connectivity index is 3.85. The van der Waals surface area contributed by atoms with Crippen molar-refractivity contribution < 1.29 is 0 Å². The van der Waals surface area contributed by atoms with E-state index >= 15 is 0 Å². The molecule has 14 heavy (non-hydrogen) atoms. The Morgan fingerprint density at radius 3 is 2.43 bits per heavy atom. The van der Waals surface area contributed by atoms with E-state index in [1.54, 1.807) is 0 Å². The average molecular weight is 195 g/mol. The maximum atomic E-state index is 3.90. The van der Waals surface area contributed by atoms with Gasteiger partial charge in [-0.15, -0.1) is 6.58 Å². The number of nitrogens with zero attached hydrogens (tertiary/aromatic N) is 1. The van der Waals surface area contributed by atoms with Crippen LogP contribution in [-0.4, -0.2) is 25.5 Å². The van der Waals surface area contributed by atoms with Gasteiger partial charge in [0.2, 0.25) is 0 Å². The molecule has 0 aliphatic carbocycles. The summed E-state index contributed by atoms with van der Waals surface area (Å²) >= 11 is 0. The Morgan fingerprint density at radius 2 is 2.00 bits per heavy atom. The van der Waals surface area contributed by atoms with E-state index in [0.717, 1.165) is 12.3 Å². The van der Waals surface area contributed by atoms with Crippen LogP contribution in [0.3, 0.4) is 0 Å². The molecule has 0 aliphatic rings. The summed E-state index contributed by atoms with van der Waals surface area (Å²) in [5.41, 5.74) is 0. The van der Waals surface area contributed by atoms with Crippen molar-refractivity contribution in [1.82, 2.24) is 4.90 Å². The molecule has 0 bridgehead atoms. The second-order valence-corrected chi connectivity index (χ2v) is 4.40. The standard InChI is InChI=1S/C13H25N/c1-6-8-9-13(7-2)10-12(3)11-14(4)5/h6-8,12-13H,2,9-11H2,1,3-5H3. The van der Waals surface area contributed by atoms with E-state index in [4.69, 9.17) is 0 Å². The minimum atomic E-state index is 0.640. The van der Waals surface area contributed by atoms with Crippen LogP contribution in [0, 0.1) is 11.8 Å². The first-order valence-corrected chi connectivity index (χ1v) is 5.48. The Kier molecular flexibility index (Phi) is 7.50. The molecule has 0 fully saturated rings. The fourth-order valence-corrected chi connectivity index (χ4v) is 1.81. The Morgan fingerprint density at radius 1 is 1.36 bits per heavy atom. The van der Waals surface area contributed by atoms with E-state index in [1.807, 2.05) is 0 Å². The van der Waals surface area contributed by atoms with Crippen LogP contribution in [-0.2, 0) is 0 Å². The largest absolute Gasteiger partial charge is 0.309 e. The van der Waals surface area contributed by atoms with Gasteiger partial charge in [0.25, 0.3) is 0 Å². The highest BCUT2D eigenvalue weighted by Gasteiger charge is 2.09. The van der Waals surface area contributed by atoms with Crippen molar-refractivity contribution in [1.29, 1.82) is 0 Å². The zero-order chi connectivity index (χ0) is 11.0. The lowest BCUT2D eigenvalue weighted by atomic mass is 9.93. The van der Waals surface area contributed by atoms with E-state index < -0.39 is 0 Å². The van der Waals surface area contributed by atoms with Gasteiger partial charge in [0.1, 0.15) is 0 Å². The molecular weight excluding hydrogens is 170 g/mol. The highest BCUT2D eigenvalue weighted by atomic mass is 15.1. The smallest absolute Gasteiger partial charge is 0.000113 e. The summed E-state index contributed by atoms with van der Waals surface area (Å²) < 4.78 is 0. The van der Waals surface area contributed by atoms with Gasteiger partial charge < -0.3 is 4.90 Å². The predicted octanol–water partition coefficient (Wildman–Crippen LogP) is 3.34. The molecule has 0 radical (unpaired) electrons. The summed E-state index contributed by atoms with van der Waals surface area (Å²) in [4.78, 5) is 2.25. The molecule has 0 spiro atoms. The Hall–Kier alpha value is -0.560. The molecule has 0 N–H and O–H groups in total. The third-order valence-electron chi connectivity index (χ3n) is 2.39. The maximum absolute atomic E-state index is 3.90. The van der Waals surface area contributed by atoms with Crippen LogP contribution in [0.1, 0.15) is 26.7 Å². The van der Waals surface area contributed by atoms with Gasteiger partial charge in [-0.1, -0.05) is 25.2 Å². The average Bonchev–Trinajstić information content (AvgIpc) is 2.10. The van der Waals surface area contributed by atoms with Gasteiger partial charge >= 0.3 is 0 Å². The van der Waals surface area contributed by atoms with E-state index in [0.29, 0.717) is 5.92 Å². The van der Waals surface area contributed by atoms with Crippen molar-refractivity contribution >= 4 is 0 Å². The molecule has 0 aromatic heterocycles. The fraction of sp³-hybridized carbons (Fsp3) is 0.692. The number of hydrogen-bond donors (Lipinski definition) is 0. The monoisotopic (exact) mass is 195 g/mol. The molecule has 0 saturated heterocycles. The lowest BCUT2D eigenvalue weighted by Gasteiger charge is -2.20. The first-order valence-electron chi connectivity index (χ1n) is 5.48. The number of rotatable bonds is 7. The lowest BCUT2D eigenvalue weighted by molar-refractivity contribution is 0.309. The summed E-state index contributed by atoms with van der Waals surface area (Å²) in [5.74, 6) is 1.39. The molecule has 0 amide bonds. The first kappa shape index (κ1) is 13.4. The highest BCUT2D eigenvalue weighted by Crippen LogP contribution is 2.17. The third kappa shape index (κ3) is 6.90. The summed E-state index contributed by atoms with van der Waals surface area (Å²) in [7, 11) is 4.26. The van der Waals surface area contributed by atoms with Crippen molar-refractivity contribution in [3.63, 3.8) is 0 Å². The molecule has 0 rings (SSSR count). The highest BCUT2D eigenvalue weighted by molar-refractivity contribution is 4.89. The minimum Gasteiger partial charge on any atom is -0.309 e. The molecule has 0 aromatic carbocycles. The van der Waals surface area contributed by atoms with Gasteiger partial charge in [0.05, 0.1) is 0 Å². The van der Waals surface area contributed by atoms with Crippen LogP contribution < -0.4 is 0 Å². The minimum absolute atomic E-state index is 0.640. The maximum Gasteiger partial charge on any atom is 0.000113 e. The molecule has 0 aromatic rings. The van der Waals surface area contributed by atoms with Crippen LogP contribution in [0.4, 0.5) is 0 Å².